The molecule has 4 heteroatoms. The molecule has 1 aromatic rings. The Labute approximate surface area is 92.9 Å². The summed E-state index contributed by atoms with van der Waals surface area (Å²) < 4.78 is 31.6. The minimum atomic E-state index is -0.610. The van der Waals surface area contributed by atoms with Gasteiger partial charge in [-0.3, -0.25) is 0 Å². The molecule has 2 unspecified atom stereocenters. The fraction of sp³-hybridized carbons (Fsp3) is 0.500. The molecule has 1 aromatic carbocycles. The maximum absolute atomic E-state index is 13.1. The molecule has 1 fully saturated rings. The molecule has 0 amide bonds. The van der Waals surface area contributed by atoms with E-state index in [-0.39, 0.29) is 12.5 Å². The lowest BCUT2D eigenvalue weighted by atomic mass is 9.90. The highest BCUT2D eigenvalue weighted by molar-refractivity contribution is 5.21. The Morgan fingerprint density at radius 3 is 2.56 bits per heavy atom. The summed E-state index contributed by atoms with van der Waals surface area (Å²) in [6.07, 6.45) is 1.29. The van der Waals surface area contributed by atoms with Crippen molar-refractivity contribution in [2.24, 2.45) is 5.92 Å². The van der Waals surface area contributed by atoms with Crippen LogP contribution in [-0.2, 0) is 4.74 Å². The van der Waals surface area contributed by atoms with Crippen LogP contribution in [0.15, 0.2) is 18.2 Å². The lowest BCUT2D eigenvalue weighted by molar-refractivity contribution is -0.0459. The van der Waals surface area contributed by atoms with Crippen LogP contribution in [0.4, 0.5) is 8.78 Å². The number of hydrogen-bond acceptors (Lipinski definition) is 2. The number of hydrogen-bond donors (Lipinski definition) is 1. The predicted octanol–water partition coefficient (Wildman–Crippen LogP) is 2.42. The molecule has 0 aromatic heterocycles. The van der Waals surface area contributed by atoms with Gasteiger partial charge in [0.15, 0.2) is 0 Å². The second kappa shape index (κ2) is 4.89. The summed E-state index contributed by atoms with van der Waals surface area (Å²) in [7, 11) is 0. The number of ether oxygens (including phenoxy) is 1. The average molecular weight is 228 g/mol. The van der Waals surface area contributed by atoms with Crippen molar-refractivity contribution in [1.29, 1.82) is 0 Å². The molecule has 0 radical (unpaired) electrons. The Morgan fingerprint density at radius 1 is 1.25 bits per heavy atom. The van der Waals surface area contributed by atoms with E-state index in [9.17, 15) is 13.9 Å². The summed E-state index contributed by atoms with van der Waals surface area (Å²) in [5.41, 5.74) is 0.469. The molecule has 0 saturated carbocycles. The molecule has 1 aliphatic rings. The van der Waals surface area contributed by atoms with Crippen LogP contribution in [0.3, 0.4) is 0 Å². The van der Waals surface area contributed by atoms with Gasteiger partial charge >= 0.3 is 0 Å². The molecule has 1 N–H and O–H groups in total. The highest BCUT2D eigenvalue weighted by Gasteiger charge is 2.27. The van der Waals surface area contributed by atoms with Crippen LogP contribution in [0.25, 0.3) is 0 Å². The van der Waals surface area contributed by atoms with E-state index in [0.29, 0.717) is 12.2 Å². The number of halogens is 2. The Bertz CT molecular complexity index is 348. The van der Waals surface area contributed by atoms with Gasteiger partial charge in [-0.25, -0.2) is 8.78 Å². The summed E-state index contributed by atoms with van der Waals surface area (Å²) in [5.74, 6) is -1.29. The first kappa shape index (κ1) is 11.5. The van der Waals surface area contributed by atoms with Crippen molar-refractivity contribution in [2.75, 3.05) is 13.2 Å². The van der Waals surface area contributed by atoms with Gasteiger partial charge in [0.05, 0.1) is 6.10 Å². The van der Waals surface area contributed by atoms with Crippen LogP contribution in [0.2, 0.25) is 0 Å². The highest BCUT2D eigenvalue weighted by Crippen LogP contribution is 2.33. The standard InChI is InChI=1S/C12H14F2O2/c13-10-4-9(5-11(14)6-10)12-8(7-15)2-1-3-16-12/h4-6,8,12,15H,1-3,7H2. The van der Waals surface area contributed by atoms with Gasteiger partial charge in [0.1, 0.15) is 11.6 Å². The summed E-state index contributed by atoms with van der Waals surface area (Å²) in [6.45, 7) is 0.544. The predicted molar refractivity (Wildman–Crippen MR) is 54.9 cm³/mol. The Hall–Kier alpha value is -1.00. The van der Waals surface area contributed by atoms with Crippen molar-refractivity contribution in [3.05, 3.63) is 35.4 Å². The SMILES string of the molecule is OCC1CCCOC1c1cc(F)cc(F)c1. The maximum Gasteiger partial charge on any atom is 0.126 e. The third kappa shape index (κ3) is 2.39. The fourth-order valence-electron chi connectivity index (χ4n) is 2.14. The van der Waals surface area contributed by atoms with E-state index < -0.39 is 17.7 Å². The zero-order valence-corrected chi connectivity index (χ0v) is 8.83. The highest BCUT2D eigenvalue weighted by atomic mass is 19.1. The van der Waals surface area contributed by atoms with Crippen molar-refractivity contribution in [3.8, 4) is 0 Å². The van der Waals surface area contributed by atoms with E-state index in [0.717, 1.165) is 18.9 Å². The summed E-state index contributed by atoms with van der Waals surface area (Å²) in [4.78, 5) is 0. The zero-order chi connectivity index (χ0) is 11.5. The first-order valence-corrected chi connectivity index (χ1v) is 5.39. The van der Waals surface area contributed by atoms with Crippen LogP contribution >= 0.6 is 0 Å². The fourth-order valence-corrected chi connectivity index (χ4v) is 2.14. The normalized spacial score (nSPS) is 25.7. The van der Waals surface area contributed by atoms with Gasteiger partial charge in [-0.15, -0.1) is 0 Å². The molecular formula is C12H14F2O2. The minimum absolute atomic E-state index is 0.0250. The van der Waals surface area contributed by atoms with Crippen molar-refractivity contribution in [2.45, 2.75) is 18.9 Å². The molecule has 2 atom stereocenters. The quantitative estimate of drug-likeness (QED) is 0.842. The van der Waals surface area contributed by atoms with E-state index in [1.165, 1.54) is 12.1 Å². The van der Waals surface area contributed by atoms with Gasteiger partial charge in [0.2, 0.25) is 0 Å². The lowest BCUT2D eigenvalue weighted by Gasteiger charge is -2.30. The van der Waals surface area contributed by atoms with Crippen molar-refractivity contribution in [3.63, 3.8) is 0 Å². The van der Waals surface area contributed by atoms with Crippen molar-refractivity contribution in [1.82, 2.24) is 0 Å². The molecule has 0 aliphatic carbocycles. The number of rotatable bonds is 2. The molecule has 1 aliphatic heterocycles. The van der Waals surface area contributed by atoms with Crippen LogP contribution in [0.5, 0.6) is 0 Å². The van der Waals surface area contributed by atoms with E-state index in [1.54, 1.807) is 0 Å². The monoisotopic (exact) mass is 228 g/mol. The number of benzene rings is 1. The molecule has 2 nitrogen and oxygen atoms in total. The van der Waals surface area contributed by atoms with E-state index in [2.05, 4.69) is 0 Å². The Morgan fingerprint density at radius 2 is 1.94 bits per heavy atom. The largest absolute Gasteiger partial charge is 0.396 e. The topological polar surface area (TPSA) is 29.5 Å². The second-order valence-corrected chi connectivity index (χ2v) is 4.08. The van der Waals surface area contributed by atoms with E-state index in [4.69, 9.17) is 4.74 Å². The minimum Gasteiger partial charge on any atom is -0.396 e. The number of aliphatic hydroxyl groups excluding tert-OH is 1. The summed E-state index contributed by atoms with van der Waals surface area (Å²) in [5, 5.41) is 9.19. The van der Waals surface area contributed by atoms with Crippen LogP contribution in [-0.4, -0.2) is 18.3 Å². The van der Waals surface area contributed by atoms with Gasteiger partial charge in [-0.05, 0) is 30.5 Å². The molecule has 88 valence electrons. The van der Waals surface area contributed by atoms with Gasteiger partial charge in [-0.2, -0.15) is 0 Å². The van der Waals surface area contributed by atoms with Crippen LogP contribution in [0, 0.1) is 17.6 Å². The van der Waals surface area contributed by atoms with Crippen molar-refractivity contribution < 1.29 is 18.6 Å². The van der Waals surface area contributed by atoms with Gasteiger partial charge < -0.3 is 9.84 Å². The molecule has 0 spiro atoms. The number of aliphatic hydroxyl groups is 1. The molecule has 16 heavy (non-hydrogen) atoms. The second-order valence-electron chi connectivity index (χ2n) is 4.08. The summed E-state index contributed by atoms with van der Waals surface area (Å²) >= 11 is 0. The first-order chi connectivity index (χ1) is 7.70. The zero-order valence-electron chi connectivity index (χ0n) is 8.83. The van der Waals surface area contributed by atoms with E-state index >= 15 is 0 Å². The van der Waals surface area contributed by atoms with Crippen LogP contribution < -0.4 is 0 Å². The van der Waals surface area contributed by atoms with E-state index in [1.807, 2.05) is 0 Å². The van der Waals surface area contributed by atoms with Gasteiger partial charge in [0.25, 0.3) is 0 Å². The maximum atomic E-state index is 13.1. The average Bonchev–Trinajstić information content (AvgIpc) is 2.27. The third-order valence-corrected chi connectivity index (χ3v) is 2.89. The van der Waals surface area contributed by atoms with Crippen molar-refractivity contribution >= 4 is 0 Å². The Balaban J connectivity index is 2.26. The van der Waals surface area contributed by atoms with Gasteiger partial charge in [-0.1, -0.05) is 0 Å². The lowest BCUT2D eigenvalue weighted by Crippen LogP contribution is -2.25. The summed E-state index contributed by atoms with van der Waals surface area (Å²) in [6, 6.07) is 3.36. The first-order valence-electron chi connectivity index (χ1n) is 5.39. The third-order valence-electron chi connectivity index (χ3n) is 2.89. The van der Waals surface area contributed by atoms with Crippen LogP contribution in [0.1, 0.15) is 24.5 Å². The molecule has 2 rings (SSSR count). The molecule has 1 saturated heterocycles. The smallest absolute Gasteiger partial charge is 0.126 e. The molecule has 1 heterocycles. The molecule has 0 bridgehead atoms. The molecular weight excluding hydrogens is 214 g/mol. The Kier molecular flexibility index (Phi) is 3.51. The van der Waals surface area contributed by atoms with Gasteiger partial charge in [0, 0.05) is 25.2 Å².